The normalized spacial score (nSPS) is 14.9. The minimum Gasteiger partial charge on any atom is -0.379 e. The molecule has 1 aromatic carbocycles. The Morgan fingerprint density at radius 3 is 3.08 bits per heavy atom. The number of carbonyl (C=O) groups is 1. The summed E-state index contributed by atoms with van der Waals surface area (Å²) in [6.07, 6.45) is 4.05. The van der Waals surface area contributed by atoms with Crippen LogP contribution in [0.25, 0.3) is 6.08 Å². The highest BCUT2D eigenvalue weighted by molar-refractivity contribution is 5.78. The lowest BCUT2D eigenvalue weighted by Gasteiger charge is -2.10. The van der Waals surface area contributed by atoms with E-state index < -0.39 is 0 Å². The Balaban J connectivity index is 2.36. The maximum atomic E-state index is 11.0. The number of rotatable bonds is 0. The molecule has 0 fully saturated rings. The molecule has 1 aliphatic rings. The molecule has 0 radical (unpaired) electrons. The van der Waals surface area contributed by atoms with E-state index in [1.807, 2.05) is 36.4 Å². The van der Waals surface area contributed by atoms with Crippen molar-refractivity contribution in [2.45, 2.75) is 6.42 Å². The zero-order chi connectivity index (χ0) is 9.10. The predicted molar refractivity (Wildman–Crippen MR) is 48.9 cm³/mol. The standard InChI is InChI=1S/C10H9NO2/c12-10-7-3-5-8-4-1-2-6-9(8)13-11-10/h1-6H,7H2,(H,11,12). The number of carbonyl (C=O) groups excluding carboxylic acids is 1. The Morgan fingerprint density at radius 2 is 2.15 bits per heavy atom. The molecule has 1 aromatic rings. The van der Waals surface area contributed by atoms with Gasteiger partial charge >= 0.3 is 0 Å². The zero-order valence-corrected chi connectivity index (χ0v) is 6.99. The molecule has 3 heteroatoms. The molecule has 1 heterocycles. The van der Waals surface area contributed by atoms with Gasteiger partial charge in [0, 0.05) is 12.0 Å². The second kappa shape index (κ2) is 3.31. The quantitative estimate of drug-likeness (QED) is 0.649. The Morgan fingerprint density at radius 1 is 1.31 bits per heavy atom. The van der Waals surface area contributed by atoms with Gasteiger partial charge in [0.1, 0.15) is 0 Å². The van der Waals surface area contributed by atoms with E-state index in [1.54, 1.807) is 0 Å². The molecule has 1 amide bonds. The second-order valence-electron chi connectivity index (χ2n) is 2.77. The molecular weight excluding hydrogens is 166 g/mol. The van der Waals surface area contributed by atoms with Crippen molar-refractivity contribution < 1.29 is 9.63 Å². The smallest absolute Gasteiger partial charge is 0.256 e. The molecule has 1 N–H and O–H groups in total. The molecule has 0 bridgehead atoms. The van der Waals surface area contributed by atoms with Crippen LogP contribution in [0.15, 0.2) is 30.3 Å². The topological polar surface area (TPSA) is 38.3 Å². The lowest BCUT2D eigenvalue weighted by Crippen LogP contribution is -2.27. The summed E-state index contributed by atoms with van der Waals surface area (Å²) in [5.74, 6) is 0.539. The van der Waals surface area contributed by atoms with Gasteiger partial charge in [-0.3, -0.25) is 4.79 Å². The highest BCUT2D eigenvalue weighted by Crippen LogP contribution is 2.19. The maximum absolute atomic E-state index is 11.0. The Bertz CT molecular complexity index is 358. The predicted octanol–water partition coefficient (Wildman–Crippen LogP) is 1.51. The van der Waals surface area contributed by atoms with Gasteiger partial charge in [0.15, 0.2) is 5.75 Å². The number of benzene rings is 1. The van der Waals surface area contributed by atoms with Crippen molar-refractivity contribution in [2.24, 2.45) is 0 Å². The van der Waals surface area contributed by atoms with Gasteiger partial charge in [-0.15, -0.1) is 0 Å². The van der Waals surface area contributed by atoms with E-state index in [4.69, 9.17) is 4.84 Å². The van der Waals surface area contributed by atoms with Gasteiger partial charge in [0.25, 0.3) is 5.91 Å². The summed E-state index contributed by atoms with van der Waals surface area (Å²) in [7, 11) is 0. The first-order valence-electron chi connectivity index (χ1n) is 4.07. The minimum absolute atomic E-state index is 0.134. The van der Waals surface area contributed by atoms with E-state index >= 15 is 0 Å². The highest BCUT2D eigenvalue weighted by Gasteiger charge is 2.05. The van der Waals surface area contributed by atoms with Crippen molar-refractivity contribution in [3.63, 3.8) is 0 Å². The monoisotopic (exact) mass is 175 g/mol. The van der Waals surface area contributed by atoms with Crippen LogP contribution in [0.3, 0.4) is 0 Å². The summed E-state index contributed by atoms with van der Waals surface area (Å²) in [6.45, 7) is 0. The largest absolute Gasteiger partial charge is 0.379 e. The zero-order valence-electron chi connectivity index (χ0n) is 6.99. The number of hydroxylamine groups is 1. The lowest BCUT2D eigenvalue weighted by atomic mass is 10.1. The maximum Gasteiger partial charge on any atom is 0.256 e. The number of hydrogen-bond acceptors (Lipinski definition) is 2. The Kier molecular flexibility index (Phi) is 2.00. The van der Waals surface area contributed by atoms with Crippen molar-refractivity contribution in [3.05, 3.63) is 35.9 Å². The van der Waals surface area contributed by atoms with E-state index in [0.29, 0.717) is 12.2 Å². The first-order chi connectivity index (χ1) is 6.36. The fourth-order valence-electron chi connectivity index (χ4n) is 1.16. The minimum atomic E-state index is -0.134. The molecule has 0 saturated carbocycles. The van der Waals surface area contributed by atoms with Gasteiger partial charge < -0.3 is 4.84 Å². The molecule has 1 aliphatic heterocycles. The van der Waals surface area contributed by atoms with Crippen LogP contribution in [0.1, 0.15) is 12.0 Å². The SMILES string of the molecule is O=C1CC=Cc2ccccc2ON1. The Hall–Kier alpha value is -1.77. The molecule has 0 spiro atoms. The first kappa shape index (κ1) is 7.86. The van der Waals surface area contributed by atoms with E-state index in [-0.39, 0.29) is 5.91 Å². The van der Waals surface area contributed by atoms with Crippen molar-refractivity contribution in [1.29, 1.82) is 0 Å². The highest BCUT2D eigenvalue weighted by atomic mass is 16.7. The van der Waals surface area contributed by atoms with Gasteiger partial charge in [-0.05, 0) is 6.07 Å². The van der Waals surface area contributed by atoms with Crippen LogP contribution in [-0.4, -0.2) is 5.91 Å². The van der Waals surface area contributed by atoms with Crippen LogP contribution >= 0.6 is 0 Å². The average molecular weight is 175 g/mol. The number of hydrogen-bond donors (Lipinski definition) is 1. The third kappa shape index (κ3) is 1.69. The Labute approximate surface area is 76.0 Å². The molecule has 0 aliphatic carbocycles. The molecule has 2 rings (SSSR count). The molecule has 3 nitrogen and oxygen atoms in total. The van der Waals surface area contributed by atoms with Gasteiger partial charge in [-0.2, -0.15) is 5.48 Å². The summed E-state index contributed by atoms with van der Waals surface area (Å²) in [5.41, 5.74) is 3.33. The van der Waals surface area contributed by atoms with Crippen LogP contribution in [-0.2, 0) is 4.79 Å². The molecular formula is C10H9NO2. The molecule has 0 saturated heterocycles. The van der Waals surface area contributed by atoms with E-state index in [0.717, 1.165) is 5.56 Å². The van der Waals surface area contributed by atoms with Crippen LogP contribution in [0.4, 0.5) is 0 Å². The second-order valence-corrected chi connectivity index (χ2v) is 2.77. The number of para-hydroxylation sites is 1. The van der Waals surface area contributed by atoms with E-state index in [2.05, 4.69) is 5.48 Å². The number of nitrogens with one attached hydrogen (secondary N) is 1. The van der Waals surface area contributed by atoms with Gasteiger partial charge in [0.2, 0.25) is 0 Å². The van der Waals surface area contributed by atoms with Crippen LogP contribution < -0.4 is 10.3 Å². The summed E-state index contributed by atoms with van der Waals surface area (Å²) >= 11 is 0. The number of fused-ring (bicyclic) bond motifs is 1. The molecule has 66 valence electrons. The molecule has 0 unspecified atom stereocenters. The van der Waals surface area contributed by atoms with Crippen molar-refractivity contribution in [1.82, 2.24) is 5.48 Å². The van der Waals surface area contributed by atoms with E-state index in [9.17, 15) is 4.79 Å². The third-order valence-corrected chi connectivity index (χ3v) is 1.79. The van der Waals surface area contributed by atoms with E-state index in [1.165, 1.54) is 0 Å². The van der Waals surface area contributed by atoms with Crippen molar-refractivity contribution >= 4 is 12.0 Å². The first-order valence-corrected chi connectivity index (χ1v) is 4.07. The van der Waals surface area contributed by atoms with Crippen molar-refractivity contribution in [3.8, 4) is 5.75 Å². The summed E-state index contributed by atoms with van der Waals surface area (Å²) in [5, 5.41) is 0. The molecule has 0 atom stereocenters. The third-order valence-electron chi connectivity index (χ3n) is 1.79. The molecule has 13 heavy (non-hydrogen) atoms. The number of amides is 1. The summed E-state index contributed by atoms with van der Waals surface area (Å²) < 4.78 is 0. The van der Waals surface area contributed by atoms with Crippen LogP contribution in [0, 0.1) is 0 Å². The van der Waals surface area contributed by atoms with Crippen LogP contribution in [0.2, 0.25) is 0 Å². The fourth-order valence-corrected chi connectivity index (χ4v) is 1.16. The van der Waals surface area contributed by atoms with Gasteiger partial charge in [0.05, 0.1) is 0 Å². The molecule has 0 aromatic heterocycles. The lowest BCUT2D eigenvalue weighted by molar-refractivity contribution is -0.126. The summed E-state index contributed by atoms with van der Waals surface area (Å²) in [4.78, 5) is 16.0. The van der Waals surface area contributed by atoms with Gasteiger partial charge in [-0.25, -0.2) is 0 Å². The van der Waals surface area contributed by atoms with Gasteiger partial charge in [-0.1, -0.05) is 30.4 Å². The van der Waals surface area contributed by atoms with Crippen molar-refractivity contribution in [2.75, 3.05) is 0 Å². The average Bonchev–Trinajstić information content (AvgIpc) is 2.13. The fraction of sp³-hybridized carbons (Fsp3) is 0.100. The van der Waals surface area contributed by atoms with Crippen LogP contribution in [0.5, 0.6) is 5.75 Å². The summed E-state index contributed by atoms with van der Waals surface area (Å²) in [6, 6.07) is 7.53.